The fraction of sp³-hybridized carbons (Fsp3) is 0.310. The SMILES string of the molecule is COc1ccc(S(=O)(=O)N2C(=O)C(c3cc(C)ccc3OC)(N3C[C@@H](F)C[C@H]3C=O)c3cc(Cl)ccc32)c(OC(F)(F)F)c1. The van der Waals surface area contributed by atoms with E-state index in [9.17, 15) is 31.2 Å². The number of aryl methyl sites for hydroxylation is 1. The van der Waals surface area contributed by atoms with E-state index in [1.807, 2.05) is 0 Å². The van der Waals surface area contributed by atoms with Gasteiger partial charge in [0.1, 0.15) is 28.9 Å². The van der Waals surface area contributed by atoms with E-state index in [0.29, 0.717) is 16.2 Å². The Kier molecular flexibility index (Phi) is 8.06. The molecule has 3 aromatic carbocycles. The number of halogens is 5. The number of benzene rings is 3. The van der Waals surface area contributed by atoms with E-state index < -0.39 is 57.2 Å². The van der Waals surface area contributed by atoms with Gasteiger partial charge in [0.2, 0.25) is 0 Å². The third-order valence-electron chi connectivity index (χ3n) is 7.58. The Labute approximate surface area is 254 Å². The second kappa shape index (κ2) is 11.2. The average Bonchev–Trinajstić information content (AvgIpc) is 3.46. The molecular weight excluding hydrogens is 632 g/mol. The Morgan fingerprint density at radius 1 is 1.00 bits per heavy atom. The molecule has 3 atom stereocenters. The maximum atomic E-state index is 15.0. The number of fused-ring (bicyclic) bond motifs is 1. The number of likely N-dealkylation sites (tertiary alicyclic amines) is 1. The summed E-state index contributed by atoms with van der Waals surface area (Å²) in [6.45, 7) is 1.23. The predicted molar refractivity (Wildman–Crippen MR) is 150 cm³/mol. The standard InChI is InChI=1S/C29H25ClF4N2O7S/c1-16-4-8-24(42-3)22(10-16)28(35-14-18(31)12-19(35)15-37)21-11-17(30)5-7-23(21)36(27(28)38)44(39,40)26-9-6-20(41-2)13-25(26)43-29(32,33)34/h4-11,13,15,18-19H,12,14H2,1-3H3/t18-,19-,28?/m0/s1. The number of nitrogens with zero attached hydrogens (tertiary/aromatic N) is 2. The minimum atomic E-state index is -5.31. The molecule has 3 aromatic rings. The number of carbonyl (C=O) groups excluding carboxylic acids is 2. The van der Waals surface area contributed by atoms with Crippen molar-refractivity contribution in [2.24, 2.45) is 0 Å². The highest BCUT2D eigenvalue weighted by atomic mass is 35.5. The maximum Gasteiger partial charge on any atom is 0.573 e. The van der Waals surface area contributed by atoms with Crippen LogP contribution in [0.1, 0.15) is 23.1 Å². The van der Waals surface area contributed by atoms with Crippen LogP contribution in [0.3, 0.4) is 0 Å². The molecule has 1 amide bonds. The largest absolute Gasteiger partial charge is 0.573 e. The summed E-state index contributed by atoms with van der Waals surface area (Å²) in [7, 11) is -2.74. The van der Waals surface area contributed by atoms with Crippen molar-refractivity contribution in [1.82, 2.24) is 4.90 Å². The van der Waals surface area contributed by atoms with E-state index in [1.165, 1.54) is 42.3 Å². The molecule has 0 saturated carbocycles. The number of alkyl halides is 4. The first kappa shape index (κ1) is 31.5. The number of aldehydes is 1. The Morgan fingerprint density at radius 2 is 1.73 bits per heavy atom. The predicted octanol–water partition coefficient (Wildman–Crippen LogP) is 5.15. The number of hydrogen-bond acceptors (Lipinski definition) is 8. The topological polar surface area (TPSA) is 102 Å². The third kappa shape index (κ3) is 5.04. The van der Waals surface area contributed by atoms with E-state index in [4.69, 9.17) is 21.1 Å². The van der Waals surface area contributed by atoms with Crippen molar-refractivity contribution in [3.63, 3.8) is 0 Å². The van der Waals surface area contributed by atoms with Crippen LogP contribution in [0.2, 0.25) is 5.02 Å². The zero-order chi connectivity index (χ0) is 32.2. The summed E-state index contributed by atoms with van der Waals surface area (Å²) in [5.74, 6) is -2.41. The summed E-state index contributed by atoms with van der Waals surface area (Å²) < 4.78 is 99.0. The van der Waals surface area contributed by atoms with Crippen molar-refractivity contribution in [2.45, 2.75) is 42.4 Å². The molecule has 2 aliphatic rings. The number of rotatable bonds is 8. The van der Waals surface area contributed by atoms with Gasteiger partial charge in [0.25, 0.3) is 15.9 Å². The van der Waals surface area contributed by atoms with Crippen molar-refractivity contribution < 1.29 is 49.8 Å². The molecule has 9 nitrogen and oxygen atoms in total. The first-order valence-corrected chi connectivity index (χ1v) is 14.9. The summed E-state index contributed by atoms with van der Waals surface area (Å²) in [6.07, 6.45) is -6.72. The van der Waals surface area contributed by atoms with Crippen LogP contribution in [0.15, 0.2) is 59.5 Å². The number of sulfonamides is 1. The number of carbonyl (C=O) groups is 2. The molecule has 44 heavy (non-hydrogen) atoms. The van der Waals surface area contributed by atoms with Crippen LogP contribution in [0.5, 0.6) is 17.2 Å². The number of amides is 1. The van der Waals surface area contributed by atoms with Gasteiger partial charge in [-0.05, 0) is 49.4 Å². The zero-order valence-corrected chi connectivity index (χ0v) is 25.0. The smallest absolute Gasteiger partial charge is 0.497 e. The van der Waals surface area contributed by atoms with Gasteiger partial charge in [-0.25, -0.2) is 17.1 Å². The maximum absolute atomic E-state index is 15.0. The monoisotopic (exact) mass is 656 g/mol. The van der Waals surface area contributed by atoms with Crippen molar-refractivity contribution in [2.75, 3.05) is 25.1 Å². The fourth-order valence-electron chi connectivity index (χ4n) is 5.84. The molecule has 5 rings (SSSR count). The van der Waals surface area contributed by atoms with Gasteiger partial charge in [-0.2, -0.15) is 0 Å². The molecule has 2 heterocycles. The van der Waals surface area contributed by atoms with Gasteiger partial charge in [0.05, 0.1) is 25.9 Å². The van der Waals surface area contributed by atoms with Crippen LogP contribution in [0, 0.1) is 6.92 Å². The first-order valence-electron chi connectivity index (χ1n) is 13.0. The van der Waals surface area contributed by atoms with Gasteiger partial charge in [-0.3, -0.25) is 9.69 Å². The Bertz CT molecular complexity index is 1750. The Hall–Kier alpha value is -3.88. The minimum Gasteiger partial charge on any atom is -0.497 e. The van der Waals surface area contributed by atoms with E-state index >= 15 is 4.39 Å². The molecule has 0 radical (unpaired) electrons. The molecule has 0 spiro atoms. The third-order valence-corrected chi connectivity index (χ3v) is 9.55. The molecule has 1 unspecified atom stereocenters. The molecule has 0 aliphatic carbocycles. The van der Waals surface area contributed by atoms with Crippen LogP contribution < -0.4 is 18.5 Å². The highest BCUT2D eigenvalue weighted by molar-refractivity contribution is 7.93. The molecule has 234 valence electrons. The molecule has 0 N–H and O–H groups in total. The van der Waals surface area contributed by atoms with E-state index in [0.717, 1.165) is 25.3 Å². The van der Waals surface area contributed by atoms with E-state index in [1.54, 1.807) is 13.0 Å². The van der Waals surface area contributed by atoms with Gasteiger partial charge >= 0.3 is 6.36 Å². The molecular formula is C29H25ClF4N2O7S. The molecule has 1 saturated heterocycles. The fourth-order valence-corrected chi connectivity index (χ4v) is 7.57. The summed E-state index contributed by atoms with van der Waals surface area (Å²) in [4.78, 5) is 27.5. The van der Waals surface area contributed by atoms with Crippen LogP contribution in [0.4, 0.5) is 23.2 Å². The lowest BCUT2D eigenvalue weighted by atomic mass is 9.80. The van der Waals surface area contributed by atoms with Gasteiger partial charge in [-0.1, -0.05) is 23.2 Å². The van der Waals surface area contributed by atoms with Gasteiger partial charge < -0.3 is 19.0 Å². The van der Waals surface area contributed by atoms with Crippen LogP contribution in [0.25, 0.3) is 0 Å². The highest BCUT2D eigenvalue weighted by Crippen LogP contribution is 2.55. The number of methoxy groups -OCH3 is 2. The second-order valence-electron chi connectivity index (χ2n) is 10.2. The van der Waals surface area contributed by atoms with E-state index in [-0.39, 0.29) is 39.8 Å². The molecule has 15 heteroatoms. The number of ether oxygens (including phenoxy) is 3. The summed E-state index contributed by atoms with van der Waals surface area (Å²) in [5.41, 5.74) is -1.85. The van der Waals surface area contributed by atoms with Crippen molar-refractivity contribution >= 4 is 39.5 Å². The van der Waals surface area contributed by atoms with E-state index in [2.05, 4.69) is 4.74 Å². The first-order chi connectivity index (χ1) is 20.7. The zero-order valence-electron chi connectivity index (χ0n) is 23.4. The average molecular weight is 657 g/mol. The lowest BCUT2D eigenvalue weighted by Gasteiger charge is -2.40. The van der Waals surface area contributed by atoms with Crippen molar-refractivity contribution in [3.8, 4) is 17.2 Å². The molecule has 0 bridgehead atoms. The number of anilines is 1. The van der Waals surface area contributed by atoms with Gasteiger partial charge in [-0.15, -0.1) is 13.2 Å². The van der Waals surface area contributed by atoms with Gasteiger partial charge in [0.15, 0.2) is 11.3 Å². The second-order valence-corrected chi connectivity index (χ2v) is 12.4. The summed E-state index contributed by atoms with van der Waals surface area (Å²) in [6, 6.07) is 9.97. The summed E-state index contributed by atoms with van der Waals surface area (Å²) >= 11 is 6.38. The molecule has 1 fully saturated rings. The van der Waals surface area contributed by atoms with Crippen LogP contribution in [-0.2, 0) is 25.2 Å². The highest BCUT2D eigenvalue weighted by Gasteiger charge is 2.63. The van der Waals surface area contributed by atoms with Crippen molar-refractivity contribution in [1.29, 1.82) is 0 Å². The van der Waals surface area contributed by atoms with Crippen LogP contribution in [-0.4, -0.2) is 64.9 Å². The normalized spacial score (nSPS) is 22.2. The van der Waals surface area contributed by atoms with Gasteiger partial charge in [0, 0.05) is 35.2 Å². The quantitative estimate of drug-likeness (QED) is 0.242. The van der Waals surface area contributed by atoms with Crippen LogP contribution >= 0.6 is 11.6 Å². The number of hydrogen-bond donors (Lipinski definition) is 0. The lowest BCUT2D eigenvalue weighted by molar-refractivity contribution is -0.275. The lowest BCUT2D eigenvalue weighted by Crippen LogP contribution is -2.57. The van der Waals surface area contributed by atoms with Crippen molar-refractivity contribution in [3.05, 3.63) is 76.3 Å². The Balaban J connectivity index is 1.86. The molecule has 0 aromatic heterocycles. The summed E-state index contributed by atoms with van der Waals surface area (Å²) in [5, 5.41) is 0.0657. The Morgan fingerprint density at radius 3 is 2.36 bits per heavy atom. The minimum absolute atomic E-state index is 0.0461. The molecule has 2 aliphatic heterocycles.